The van der Waals surface area contributed by atoms with Gasteiger partial charge in [-0.05, 0) is 65.2 Å². The van der Waals surface area contributed by atoms with Crippen LogP contribution in [0.3, 0.4) is 0 Å². The molecule has 166 valence electrons. The van der Waals surface area contributed by atoms with E-state index in [-0.39, 0.29) is 11.7 Å². The zero-order chi connectivity index (χ0) is 21.9. The van der Waals surface area contributed by atoms with Gasteiger partial charge < -0.3 is 9.72 Å². The molecule has 1 saturated heterocycles. The van der Waals surface area contributed by atoms with Crippen molar-refractivity contribution in [1.82, 2.24) is 30.1 Å². The number of hydrogen-bond acceptors (Lipinski definition) is 7. The van der Waals surface area contributed by atoms with E-state index < -0.39 is 0 Å². The summed E-state index contributed by atoms with van der Waals surface area (Å²) in [5.74, 6) is 0.783. The predicted molar refractivity (Wildman–Crippen MR) is 123 cm³/mol. The summed E-state index contributed by atoms with van der Waals surface area (Å²) >= 11 is 1.71. The number of aromatic nitrogens is 5. The number of ether oxygens (including phenoxy) is 1. The van der Waals surface area contributed by atoms with Crippen molar-refractivity contribution in [2.75, 3.05) is 6.61 Å². The highest BCUT2D eigenvalue weighted by molar-refractivity contribution is 7.09. The fraction of sp³-hybridized carbons (Fsp3) is 0.391. The van der Waals surface area contributed by atoms with Crippen LogP contribution >= 0.6 is 11.3 Å². The van der Waals surface area contributed by atoms with Crippen LogP contribution < -0.4 is 5.56 Å². The van der Waals surface area contributed by atoms with E-state index in [0.717, 1.165) is 48.3 Å². The molecule has 9 heteroatoms. The van der Waals surface area contributed by atoms with Crippen molar-refractivity contribution in [2.24, 2.45) is 0 Å². The number of nitrogens with one attached hydrogen (secondary N) is 1. The standard InChI is InChI=1S/C23H26N6O2S/c1-16-6-7-21-17(10-16)11-18(23(30)24-21)12-28(14-20-5-3-9-32-20)15-22-25-26-27-29(22)13-19-4-2-8-31-19/h3,5-7,9-11,19H,2,4,8,12-15H2,1H3,(H,24,30)/t19-/m0/s1. The largest absolute Gasteiger partial charge is 0.376 e. The second-order valence-corrected chi connectivity index (χ2v) is 9.38. The number of aromatic amines is 1. The zero-order valence-corrected chi connectivity index (χ0v) is 18.8. The van der Waals surface area contributed by atoms with Gasteiger partial charge in [-0.25, -0.2) is 4.68 Å². The van der Waals surface area contributed by atoms with E-state index in [1.807, 2.05) is 28.9 Å². The maximum Gasteiger partial charge on any atom is 0.252 e. The molecule has 1 fully saturated rings. The normalized spacial score (nSPS) is 16.4. The van der Waals surface area contributed by atoms with Crippen LogP contribution in [0.5, 0.6) is 0 Å². The Bertz CT molecular complexity index is 1240. The molecule has 0 amide bonds. The molecule has 0 unspecified atom stereocenters. The molecular weight excluding hydrogens is 424 g/mol. The van der Waals surface area contributed by atoms with Crippen LogP contribution in [0.4, 0.5) is 0 Å². The lowest BCUT2D eigenvalue weighted by atomic mass is 10.1. The zero-order valence-electron chi connectivity index (χ0n) is 18.0. The van der Waals surface area contributed by atoms with Crippen LogP contribution in [-0.2, 0) is 30.9 Å². The van der Waals surface area contributed by atoms with Crippen LogP contribution in [0.2, 0.25) is 0 Å². The first-order chi connectivity index (χ1) is 15.6. The summed E-state index contributed by atoms with van der Waals surface area (Å²) in [6, 6.07) is 12.2. The average Bonchev–Trinajstić information content (AvgIpc) is 3.54. The molecule has 0 radical (unpaired) electrons. The maximum atomic E-state index is 12.8. The van der Waals surface area contributed by atoms with E-state index in [1.54, 1.807) is 11.3 Å². The Kier molecular flexibility index (Phi) is 6.11. The van der Waals surface area contributed by atoms with E-state index in [4.69, 9.17) is 4.74 Å². The number of aryl methyl sites for hydroxylation is 1. The van der Waals surface area contributed by atoms with Crippen molar-refractivity contribution in [1.29, 1.82) is 0 Å². The SMILES string of the molecule is Cc1ccc2[nH]c(=O)c(CN(Cc3cccs3)Cc3nnnn3C[C@@H]3CCCO3)cc2c1. The molecule has 5 rings (SSSR count). The first-order valence-electron chi connectivity index (χ1n) is 10.9. The van der Waals surface area contributed by atoms with Crippen LogP contribution in [-0.4, -0.2) is 42.8 Å². The molecule has 3 aromatic heterocycles. The highest BCUT2D eigenvalue weighted by atomic mass is 32.1. The molecular formula is C23H26N6O2S. The van der Waals surface area contributed by atoms with Gasteiger partial charge in [-0.3, -0.25) is 9.69 Å². The lowest BCUT2D eigenvalue weighted by Crippen LogP contribution is -2.28. The molecule has 32 heavy (non-hydrogen) atoms. The molecule has 1 aromatic carbocycles. The van der Waals surface area contributed by atoms with Crippen LogP contribution in [0.15, 0.2) is 46.6 Å². The van der Waals surface area contributed by atoms with E-state index in [2.05, 4.69) is 49.8 Å². The number of H-pyrrole nitrogens is 1. The Morgan fingerprint density at radius 2 is 2.19 bits per heavy atom. The monoisotopic (exact) mass is 450 g/mol. The quantitative estimate of drug-likeness (QED) is 0.443. The molecule has 1 N–H and O–H groups in total. The third kappa shape index (κ3) is 4.79. The van der Waals surface area contributed by atoms with Gasteiger partial charge in [0.05, 0.1) is 19.2 Å². The first-order valence-corrected chi connectivity index (χ1v) is 11.8. The van der Waals surface area contributed by atoms with Crippen molar-refractivity contribution >= 4 is 22.2 Å². The van der Waals surface area contributed by atoms with E-state index >= 15 is 0 Å². The molecule has 4 heterocycles. The van der Waals surface area contributed by atoms with Crippen molar-refractivity contribution in [3.05, 3.63) is 74.0 Å². The van der Waals surface area contributed by atoms with Gasteiger partial charge in [0.2, 0.25) is 0 Å². The molecule has 0 spiro atoms. The van der Waals surface area contributed by atoms with Gasteiger partial charge in [-0.1, -0.05) is 17.7 Å². The summed E-state index contributed by atoms with van der Waals surface area (Å²) < 4.78 is 7.60. The van der Waals surface area contributed by atoms with Crippen LogP contribution in [0.25, 0.3) is 10.9 Å². The number of rotatable bonds is 8. The van der Waals surface area contributed by atoms with E-state index in [0.29, 0.717) is 19.6 Å². The number of pyridine rings is 1. The summed E-state index contributed by atoms with van der Waals surface area (Å²) in [6.07, 6.45) is 2.27. The maximum absolute atomic E-state index is 12.8. The molecule has 0 aliphatic carbocycles. The number of hydrogen-bond donors (Lipinski definition) is 1. The number of tetrazole rings is 1. The average molecular weight is 451 g/mol. The minimum atomic E-state index is -0.0588. The Morgan fingerprint density at radius 3 is 3.00 bits per heavy atom. The Morgan fingerprint density at radius 1 is 1.25 bits per heavy atom. The Balaban J connectivity index is 1.41. The van der Waals surface area contributed by atoms with Crippen molar-refractivity contribution < 1.29 is 4.74 Å². The van der Waals surface area contributed by atoms with Crippen molar-refractivity contribution in [2.45, 2.75) is 52.0 Å². The topological polar surface area (TPSA) is 88.9 Å². The van der Waals surface area contributed by atoms with Gasteiger partial charge in [0, 0.05) is 35.7 Å². The second-order valence-electron chi connectivity index (χ2n) is 8.35. The number of thiophene rings is 1. The molecule has 0 bridgehead atoms. The first kappa shape index (κ1) is 21.0. The third-order valence-electron chi connectivity index (χ3n) is 5.80. The van der Waals surface area contributed by atoms with E-state index in [9.17, 15) is 4.79 Å². The van der Waals surface area contributed by atoms with Gasteiger partial charge in [0.1, 0.15) is 0 Å². The van der Waals surface area contributed by atoms with Crippen molar-refractivity contribution in [3.63, 3.8) is 0 Å². The smallest absolute Gasteiger partial charge is 0.252 e. The van der Waals surface area contributed by atoms with Gasteiger partial charge in [0.25, 0.3) is 5.56 Å². The third-order valence-corrected chi connectivity index (χ3v) is 6.66. The minimum absolute atomic E-state index is 0.0588. The molecule has 1 atom stereocenters. The molecule has 1 aliphatic heterocycles. The number of nitrogens with zero attached hydrogens (tertiary/aromatic N) is 5. The Hall–Kier alpha value is -2.88. The summed E-state index contributed by atoms with van der Waals surface area (Å²) in [5.41, 5.74) is 2.70. The van der Waals surface area contributed by atoms with E-state index in [1.165, 1.54) is 10.4 Å². The summed E-state index contributed by atoms with van der Waals surface area (Å²) in [5, 5.41) is 15.5. The predicted octanol–water partition coefficient (Wildman–Crippen LogP) is 3.27. The van der Waals surface area contributed by atoms with Crippen molar-refractivity contribution in [3.8, 4) is 0 Å². The van der Waals surface area contributed by atoms with Gasteiger partial charge in [-0.2, -0.15) is 0 Å². The highest BCUT2D eigenvalue weighted by Gasteiger charge is 2.21. The minimum Gasteiger partial charge on any atom is -0.376 e. The molecule has 1 aliphatic rings. The summed E-state index contributed by atoms with van der Waals surface area (Å²) in [7, 11) is 0. The van der Waals surface area contributed by atoms with Crippen LogP contribution in [0, 0.1) is 6.92 Å². The molecule has 8 nitrogen and oxygen atoms in total. The fourth-order valence-electron chi connectivity index (χ4n) is 4.18. The lowest BCUT2D eigenvalue weighted by Gasteiger charge is -2.21. The lowest BCUT2D eigenvalue weighted by molar-refractivity contribution is 0.0915. The summed E-state index contributed by atoms with van der Waals surface area (Å²) in [6.45, 7) is 5.28. The van der Waals surface area contributed by atoms with Gasteiger partial charge >= 0.3 is 0 Å². The van der Waals surface area contributed by atoms with Gasteiger partial charge in [0.15, 0.2) is 5.82 Å². The number of fused-ring (bicyclic) bond motifs is 1. The molecule has 4 aromatic rings. The summed E-state index contributed by atoms with van der Waals surface area (Å²) in [4.78, 5) is 19.3. The Labute approximate surface area is 189 Å². The van der Waals surface area contributed by atoms with Gasteiger partial charge in [-0.15, -0.1) is 16.4 Å². The number of benzene rings is 1. The van der Waals surface area contributed by atoms with Crippen LogP contribution in [0.1, 0.15) is 34.7 Å². The second kappa shape index (κ2) is 9.32. The molecule has 0 saturated carbocycles. The highest BCUT2D eigenvalue weighted by Crippen LogP contribution is 2.19. The fourth-order valence-corrected chi connectivity index (χ4v) is 4.93.